The van der Waals surface area contributed by atoms with Crippen molar-refractivity contribution in [3.05, 3.63) is 41.7 Å². The molecule has 1 saturated carbocycles. The number of likely N-dealkylation sites (tertiary alicyclic amines) is 1. The van der Waals surface area contributed by atoms with Gasteiger partial charge in [-0.2, -0.15) is 0 Å². The molecule has 0 aromatic heterocycles. The van der Waals surface area contributed by atoms with Crippen LogP contribution in [0.15, 0.2) is 30.4 Å². The van der Waals surface area contributed by atoms with Gasteiger partial charge in [0, 0.05) is 25.2 Å². The third-order valence-corrected chi connectivity index (χ3v) is 6.26. The maximum absolute atomic E-state index is 13.7. The number of ether oxygens (including phenoxy) is 1. The van der Waals surface area contributed by atoms with Gasteiger partial charge in [0.15, 0.2) is 0 Å². The Hall–Kier alpha value is -1.39. The predicted molar refractivity (Wildman–Crippen MR) is 91.4 cm³/mol. The summed E-state index contributed by atoms with van der Waals surface area (Å²) in [6, 6.07) is 4.41. The summed E-state index contributed by atoms with van der Waals surface area (Å²) in [5, 5.41) is 11.1. The Balaban J connectivity index is 1.42. The summed E-state index contributed by atoms with van der Waals surface area (Å²) in [7, 11) is 1.57. The molecule has 1 unspecified atom stereocenters. The zero-order valence-corrected chi connectivity index (χ0v) is 14.2. The number of hydrogen-bond acceptors (Lipinski definition) is 3. The van der Waals surface area contributed by atoms with Gasteiger partial charge in [0.05, 0.1) is 12.7 Å². The first kappa shape index (κ1) is 16.1. The lowest BCUT2D eigenvalue weighted by atomic mass is 9.83. The largest absolute Gasteiger partial charge is 0.496 e. The van der Waals surface area contributed by atoms with Crippen LogP contribution >= 0.6 is 0 Å². The van der Waals surface area contributed by atoms with Crippen LogP contribution in [0.1, 0.15) is 31.2 Å². The minimum absolute atomic E-state index is 0.324. The lowest BCUT2D eigenvalue weighted by molar-refractivity contribution is -0.0311. The summed E-state index contributed by atoms with van der Waals surface area (Å²) in [6.07, 6.45) is 8.69. The Labute approximate surface area is 143 Å². The normalized spacial score (nSPS) is 31.5. The summed E-state index contributed by atoms with van der Waals surface area (Å²) in [4.78, 5) is 2.47. The molecule has 0 amide bonds. The molecule has 2 bridgehead atoms. The fraction of sp³-hybridized carbons (Fsp3) is 0.600. The smallest absolute Gasteiger partial charge is 0.125 e. The van der Waals surface area contributed by atoms with Gasteiger partial charge in [-0.15, -0.1) is 0 Å². The minimum Gasteiger partial charge on any atom is -0.496 e. The molecule has 4 heteroatoms. The molecule has 3 nitrogen and oxygen atoms in total. The summed E-state index contributed by atoms with van der Waals surface area (Å²) in [5.41, 5.74) is -0.397. The number of halogens is 1. The number of nitrogens with zero attached hydrogens (tertiary/aromatic N) is 1. The molecule has 1 heterocycles. The quantitative estimate of drug-likeness (QED) is 0.859. The average molecular weight is 331 g/mol. The first-order valence-corrected chi connectivity index (χ1v) is 9.04. The highest BCUT2D eigenvalue weighted by Gasteiger charge is 2.40. The van der Waals surface area contributed by atoms with Crippen LogP contribution in [-0.2, 0) is 5.60 Å². The Bertz CT molecular complexity index is 637. The average Bonchev–Trinajstić information content (AvgIpc) is 3.20. The SMILES string of the molecule is COc1ccc(F)cc1C1(O)CCN(C[C@H]2C[C@H]3C=CC2C3)CC1. The lowest BCUT2D eigenvalue weighted by Gasteiger charge is -2.40. The molecular weight excluding hydrogens is 305 g/mol. The van der Waals surface area contributed by atoms with Crippen molar-refractivity contribution in [2.24, 2.45) is 17.8 Å². The number of allylic oxidation sites excluding steroid dienone is 2. The molecule has 4 rings (SSSR count). The molecule has 130 valence electrons. The third kappa shape index (κ3) is 2.86. The number of methoxy groups -OCH3 is 1. The van der Waals surface area contributed by atoms with Crippen molar-refractivity contribution in [1.82, 2.24) is 4.90 Å². The minimum atomic E-state index is -0.988. The molecule has 1 N–H and O–H groups in total. The Kier molecular flexibility index (Phi) is 4.13. The maximum Gasteiger partial charge on any atom is 0.125 e. The number of hydrogen-bond donors (Lipinski definition) is 1. The van der Waals surface area contributed by atoms with Crippen LogP contribution in [0, 0.1) is 23.6 Å². The number of aliphatic hydroxyl groups is 1. The molecule has 0 spiro atoms. The Morgan fingerprint density at radius 3 is 2.67 bits per heavy atom. The van der Waals surface area contributed by atoms with Gasteiger partial charge in [-0.1, -0.05) is 12.2 Å². The highest BCUT2D eigenvalue weighted by Crippen LogP contribution is 2.44. The van der Waals surface area contributed by atoms with Gasteiger partial charge in [-0.25, -0.2) is 4.39 Å². The van der Waals surface area contributed by atoms with E-state index in [1.54, 1.807) is 13.2 Å². The fourth-order valence-electron chi connectivity index (χ4n) is 4.85. The van der Waals surface area contributed by atoms with E-state index in [-0.39, 0.29) is 5.82 Å². The van der Waals surface area contributed by atoms with E-state index in [9.17, 15) is 9.50 Å². The van der Waals surface area contributed by atoms with Gasteiger partial charge in [0.2, 0.25) is 0 Å². The van der Waals surface area contributed by atoms with Crippen molar-refractivity contribution in [3.8, 4) is 5.75 Å². The van der Waals surface area contributed by atoms with Gasteiger partial charge < -0.3 is 14.7 Å². The molecule has 1 aromatic carbocycles. The molecule has 3 aliphatic rings. The molecule has 2 aliphatic carbocycles. The third-order valence-electron chi connectivity index (χ3n) is 6.26. The number of benzene rings is 1. The molecule has 1 saturated heterocycles. The molecular formula is C20H26FNO2. The zero-order valence-electron chi connectivity index (χ0n) is 14.2. The van der Waals surface area contributed by atoms with Crippen molar-refractivity contribution in [3.63, 3.8) is 0 Å². The van der Waals surface area contributed by atoms with Crippen molar-refractivity contribution in [1.29, 1.82) is 0 Å². The first-order valence-electron chi connectivity index (χ1n) is 9.04. The van der Waals surface area contributed by atoms with Gasteiger partial charge >= 0.3 is 0 Å². The number of piperidine rings is 1. The van der Waals surface area contributed by atoms with Gasteiger partial charge in [0.25, 0.3) is 0 Å². The van der Waals surface area contributed by atoms with Crippen LogP contribution < -0.4 is 4.74 Å². The van der Waals surface area contributed by atoms with E-state index in [2.05, 4.69) is 17.1 Å². The van der Waals surface area contributed by atoms with Gasteiger partial charge in [-0.05, 0) is 61.6 Å². The molecule has 24 heavy (non-hydrogen) atoms. The van der Waals surface area contributed by atoms with E-state index >= 15 is 0 Å². The van der Waals surface area contributed by atoms with Gasteiger partial charge in [0.1, 0.15) is 11.6 Å². The summed E-state index contributed by atoms with van der Waals surface area (Å²) in [6.45, 7) is 2.84. The monoisotopic (exact) mass is 331 g/mol. The lowest BCUT2D eigenvalue weighted by Crippen LogP contribution is -2.44. The van der Waals surface area contributed by atoms with Crippen LogP contribution in [0.25, 0.3) is 0 Å². The summed E-state index contributed by atoms with van der Waals surface area (Å²) >= 11 is 0. The van der Waals surface area contributed by atoms with Crippen LogP contribution in [-0.4, -0.2) is 36.8 Å². The second-order valence-electron chi connectivity index (χ2n) is 7.72. The highest BCUT2D eigenvalue weighted by atomic mass is 19.1. The molecule has 0 radical (unpaired) electrons. The summed E-state index contributed by atoms with van der Waals surface area (Å²) < 4.78 is 19.0. The van der Waals surface area contributed by atoms with Crippen molar-refractivity contribution < 1.29 is 14.2 Å². The van der Waals surface area contributed by atoms with Crippen molar-refractivity contribution >= 4 is 0 Å². The standard InChI is InChI=1S/C20H26FNO2/c1-24-19-5-4-17(21)12-18(19)20(23)6-8-22(9-7-20)13-16-11-14-2-3-15(16)10-14/h2-5,12,14-16,23H,6-11,13H2,1H3/t14-,15?,16+/m0/s1. The van der Waals surface area contributed by atoms with Crippen LogP contribution in [0.3, 0.4) is 0 Å². The molecule has 2 fully saturated rings. The van der Waals surface area contributed by atoms with Crippen molar-refractivity contribution in [2.75, 3.05) is 26.7 Å². The van der Waals surface area contributed by atoms with Crippen molar-refractivity contribution in [2.45, 2.75) is 31.3 Å². The fourth-order valence-corrected chi connectivity index (χ4v) is 4.85. The van der Waals surface area contributed by atoms with Crippen LogP contribution in [0.4, 0.5) is 4.39 Å². The topological polar surface area (TPSA) is 32.7 Å². The van der Waals surface area contributed by atoms with E-state index in [1.807, 2.05) is 0 Å². The van der Waals surface area contributed by atoms with E-state index in [0.29, 0.717) is 24.2 Å². The van der Waals surface area contributed by atoms with E-state index in [4.69, 9.17) is 4.74 Å². The maximum atomic E-state index is 13.7. The van der Waals surface area contributed by atoms with E-state index in [0.717, 1.165) is 37.4 Å². The highest BCUT2D eigenvalue weighted by molar-refractivity contribution is 5.39. The molecule has 1 aliphatic heterocycles. The first-order chi connectivity index (χ1) is 11.6. The summed E-state index contributed by atoms with van der Waals surface area (Å²) in [5.74, 6) is 2.59. The van der Waals surface area contributed by atoms with Crippen LogP contribution in [0.5, 0.6) is 5.75 Å². The Morgan fingerprint density at radius 2 is 2.04 bits per heavy atom. The predicted octanol–water partition coefficient (Wildman–Crippen LogP) is 3.33. The zero-order chi connectivity index (χ0) is 16.7. The second kappa shape index (κ2) is 6.16. The molecule has 3 atom stereocenters. The second-order valence-corrected chi connectivity index (χ2v) is 7.72. The number of fused-ring (bicyclic) bond motifs is 2. The van der Waals surface area contributed by atoms with E-state index in [1.165, 1.54) is 25.0 Å². The molecule has 1 aromatic rings. The van der Waals surface area contributed by atoms with E-state index < -0.39 is 5.60 Å². The number of rotatable bonds is 4. The van der Waals surface area contributed by atoms with Crippen LogP contribution in [0.2, 0.25) is 0 Å². The van der Waals surface area contributed by atoms with Gasteiger partial charge in [-0.3, -0.25) is 0 Å². The Morgan fingerprint density at radius 1 is 1.25 bits per heavy atom.